The van der Waals surface area contributed by atoms with Crippen LogP contribution < -0.4 is 4.90 Å². The molecule has 0 aliphatic rings. The molecule has 102 valence electrons. The first-order valence-electron chi connectivity index (χ1n) is 6.33. The molecule has 0 saturated carbocycles. The van der Waals surface area contributed by atoms with E-state index in [4.69, 9.17) is 0 Å². The summed E-state index contributed by atoms with van der Waals surface area (Å²) in [7, 11) is 0. The molecule has 0 unspecified atom stereocenters. The van der Waals surface area contributed by atoms with Gasteiger partial charge in [0.15, 0.2) is 0 Å². The fourth-order valence-electron chi connectivity index (χ4n) is 2.18. The minimum absolute atomic E-state index is 0.220. The number of benzene rings is 2. The Bertz CT molecular complexity index is 677. The van der Waals surface area contributed by atoms with Crippen molar-refractivity contribution in [3.8, 4) is 11.8 Å². The van der Waals surface area contributed by atoms with Crippen LogP contribution in [0.2, 0.25) is 0 Å². The van der Waals surface area contributed by atoms with Gasteiger partial charge in [-0.3, -0.25) is 0 Å². The molecule has 2 aromatic rings. The number of hydrogen-bond donors (Lipinski definition) is 1. The first-order chi connectivity index (χ1) is 9.56. The van der Waals surface area contributed by atoms with Crippen LogP contribution in [-0.2, 0) is 0 Å². The number of anilines is 2. The Morgan fingerprint density at radius 2 is 1.95 bits per heavy atom. The highest BCUT2D eigenvalue weighted by Gasteiger charge is 2.15. The fourth-order valence-corrected chi connectivity index (χ4v) is 2.53. The number of hydrogen-bond acceptors (Lipinski definition) is 3. The van der Waals surface area contributed by atoms with Crippen molar-refractivity contribution in [3.05, 3.63) is 52.0 Å². The minimum Gasteiger partial charge on any atom is -0.508 e. The molecule has 0 spiro atoms. The van der Waals surface area contributed by atoms with Gasteiger partial charge in [0.2, 0.25) is 0 Å². The molecule has 0 atom stereocenters. The number of nitrogens with zero attached hydrogens (tertiary/aromatic N) is 2. The maximum absolute atomic E-state index is 9.71. The molecule has 1 N–H and O–H groups in total. The molecule has 0 aromatic heterocycles. The molecule has 2 aromatic carbocycles. The molecular formula is C16H15BrN2O. The highest BCUT2D eigenvalue weighted by Crippen LogP contribution is 2.34. The van der Waals surface area contributed by atoms with Crippen LogP contribution >= 0.6 is 15.9 Å². The Kier molecular flexibility index (Phi) is 4.31. The first kappa shape index (κ1) is 14.4. The third kappa shape index (κ3) is 2.78. The molecule has 0 fully saturated rings. The van der Waals surface area contributed by atoms with Crippen molar-refractivity contribution in [1.29, 1.82) is 5.26 Å². The Hall–Kier alpha value is -1.99. The topological polar surface area (TPSA) is 47.3 Å². The number of halogens is 1. The lowest BCUT2D eigenvalue weighted by Gasteiger charge is -2.26. The van der Waals surface area contributed by atoms with E-state index in [9.17, 15) is 10.4 Å². The van der Waals surface area contributed by atoms with E-state index >= 15 is 0 Å². The number of rotatable bonds is 3. The lowest BCUT2D eigenvalue weighted by molar-refractivity contribution is 0.475. The quantitative estimate of drug-likeness (QED) is 0.901. The maximum Gasteiger partial charge on any atom is 0.117 e. The number of aromatic hydroxyl groups is 1. The van der Waals surface area contributed by atoms with Gasteiger partial charge in [0.1, 0.15) is 11.8 Å². The Labute approximate surface area is 127 Å². The summed E-state index contributed by atoms with van der Waals surface area (Å²) in [6, 6.07) is 13.0. The summed E-state index contributed by atoms with van der Waals surface area (Å²) in [5, 5.41) is 19.0. The maximum atomic E-state index is 9.71. The van der Waals surface area contributed by atoms with Gasteiger partial charge in [-0.2, -0.15) is 5.26 Å². The molecule has 0 radical (unpaired) electrons. The van der Waals surface area contributed by atoms with Crippen molar-refractivity contribution in [1.82, 2.24) is 0 Å². The monoisotopic (exact) mass is 330 g/mol. The molecule has 0 saturated heterocycles. The minimum atomic E-state index is 0.220. The van der Waals surface area contributed by atoms with E-state index in [1.165, 1.54) is 0 Å². The molecule has 0 amide bonds. The molecule has 4 heteroatoms. The summed E-state index contributed by atoms with van der Waals surface area (Å²) in [5.74, 6) is 0.220. The first-order valence-corrected chi connectivity index (χ1v) is 7.13. The smallest absolute Gasteiger partial charge is 0.117 e. The Morgan fingerprint density at radius 3 is 2.60 bits per heavy atom. The number of aryl methyl sites for hydroxylation is 1. The van der Waals surface area contributed by atoms with E-state index < -0.39 is 0 Å². The van der Waals surface area contributed by atoms with E-state index in [0.717, 1.165) is 21.4 Å². The average molecular weight is 331 g/mol. The van der Waals surface area contributed by atoms with E-state index in [1.807, 2.05) is 36.9 Å². The van der Waals surface area contributed by atoms with Gasteiger partial charge in [-0.05, 0) is 43.7 Å². The van der Waals surface area contributed by atoms with Crippen LogP contribution in [-0.4, -0.2) is 11.7 Å². The molecule has 0 aliphatic heterocycles. The Balaban J connectivity index is 2.61. The second-order valence-electron chi connectivity index (χ2n) is 4.49. The van der Waals surface area contributed by atoms with Crippen LogP contribution in [0.5, 0.6) is 5.75 Å². The molecule has 0 aliphatic carbocycles. The van der Waals surface area contributed by atoms with Crippen molar-refractivity contribution >= 4 is 27.3 Å². The molecule has 0 heterocycles. The van der Waals surface area contributed by atoms with Crippen LogP contribution in [0.3, 0.4) is 0 Å². The Morgan fingerprint density at radius 1 is 1.20 bits per heavy atom. The number of nitriles is 1. The van der Waals surface area contributed by atoms with E-state index in [2.05, 4.69) is 22.0 Å². The highest BCUT2D eigenvalue weighted by molar-refractivity contribution is 9.10. The molecular weight excluding hydrogens is 316 g/mol. The third-order valence-corrected chi connectivity index (χ3v) is 3.66. The molecule has 3 nitrogen and oxygen atoms in total. The molecule has 2 rings (SSSR count). The molecule has 0 bridgehead atoms. The predicted molar refractivity (Wildman–Crippen MR) is 84.4 cm³/mol. The zero-order chi connectivity index (χ0) is 14.7. The summed E-state index contributed by atoms with van der Waals surface area (Å²) in [6.07, 6.45) is 0. The zero-order valence-corrected chi connectivity index (χ0v) is 13.0. The van der Waals surface area contributed by atoms with Crippen LogP contribution in [0.15, 0.2) is 40.9 Å². The van der Waals surface area contributed by atoms with Crippen molar-refractivity contribution in [2.75, 3.05) is 11.4 Å². The summed E-state index contributed by atoms with van der Waals surface area (Å²) in [6.45, 7) is 4.71. The summed E-state index contributed by atoms with van der Waals surface area (Å²) >= 11 is 3.44. The number of phenolic OH excluding ortho intramolecular Hbond substituents is 1. The predicted octanol–water partition coefficient (Wildman–Crippen LogP) is 4.49. The van der Waals surface area contributed by atoms with Crippen molar-refractivity contribution in [3.63, 3.8) is 0 Å². The zero-order valence-electron chi connectivity index (χ0n) is 11.4. The van der Waals surface area contributed by atoms with Crippen LogP contribution in [0.1, 0.15) is 18.1 Å². The second kappa shape index (κ2) is 5.98. The van der Waals surface area contributed by atoms with Gasteiger partial charge in [-0.15, -0.1) is 0 Å². The lowest BCUT2D eigenvalue weighted by atomic mass is 10.1. The van der Waals surface area contributed by atoms with Crippen LogP contribution in [0.25, 0.3) is 0 Å². The fraction of sp³-hybridized carbons (Fsp3) is 0.188. The van der Waals surface area contributed by atoms with Crippen LogP contribution in [0, 0.1) is 18.3 Å². The largest absolute Gasteiger partial charge is 0.508 e. The van der Waals surface area contributed by atoms with E-state index in [-0.39, 0.29) is 5.75 Å². The average Bonchev–Trinajstić information content (AvgIpc) is 2.44. The van der Waals surface area contributed by atoms with E-state index in [0.29, 0.717) is 12.1 Å². The lowest BCUT2D eigenvalue weighted by Crippen LogP contribution is -2.18. The standard InChI is InChI=1S/C16H15BrN2O/c1-3-19(15-9-14(20)7-4-11(15)2)16-8-13(17)6-5-12(16)10-18/h4-9,20H,3H2,1-2H3. The van der Waals surface area contributed by atoms with Gasteiger partial charge < -0.3 is 10.0 Å². The van der Waals surface area contributed by atoms with Gasteiger partial charge in [-0.1, -0.05) is 22.0 Å². The summed E-state index contributed by atoms with van der Waals surface area (Å²) in [4.78, 5) is 2.03. The SMILES string of the molecule is CCN(c1cc(O)ccc1C)c1cc(Br)ccc1C#N. The van der Waals surface area contributed by atoms with Crippen molar-refractivity contribution in [2.24, 2.45) is 0 Å². The van der Waals surface area contributed by atoms with Crippen molar-refractivity contribution in [2.45, 2.75) is 13.8 Å². The summed E-state index contributed by atoms with van der Waals surface area (Å²) in [5.41, 5.74) is 3.39. The van der Waals surface area contributed by atoms with Gasteiger partial charge in [0.05, 0.1) is 11.3 Å². The van der Waals surface area contributed by atoms with Gasteiger partial charge >= 0.3 is 0 Å². The second-order valence-corrected chi connectivity index (χ2v) is 5.40. The number of phenols is 1. The third-order valence-electron chi connectivity index (χ3n) is 3.17. The highest BCUT2D eigenvalue weighted by atomic mass is 79.9. The van der Waals surface area contributed by atoms with E-state index in [1.54, 1.807) is 18.2 Å². The van der Waals surface area contributed by atoms with Gasteiger partial charge in [-0.25, -0.2) is 0 Å². The van der Waals surface area contributed by atoms with Crippen LogP contribution in [0.4, 0.5) is 11.4 Å². The van der Waals surface area contributed by atoms with Gasteiger partial charge in [0.25, 0.3) is 0 Å². The van der Waals surface area contributed by atoms with Crippen molar-refractivity contribution < 1.29 is 5.11 Å². The normalized spacial score (nSPS) is 10.1. The summed E-state index contributed by atoms with van der Waals surface area (Å²) < 4.78 is 0.919. The van der Waals surface area contributed by atoms with Gasteiger partial charge in [0, 0.05) is 22.8 Å². The molecule has 20 heavy (non-hydrogen) atoms.